The lowest BCUT2D eigenvalue weighted by Crippen LogP contribution is -2.64. The zero-order valence-corrected chi connectivity index (χ0v) is 17.3. The van der Waals surface area contributed by atoms with Gasteiger partial charge < -0.3 is 10.6 Å². The summed E-state index contributed by atoms with van der Waals surface area (Å²) in [5.41, 5.74) is 0.0930. The molecule has 0 unspecified atom stereocenters. The van der Waals surface area contributed by atoms with Crippen LogP contribution in [-0.2, 0) is 16.6 Å². The normalized spacial score (nSPS) is 19.5. The average molecular weight is 435 g/mol. The molecule has 2 aromatic carbocycles. The van der Waals surface area contributed by atoms with E-state index < -0.39 is 21.4 Å². The van der Waals surface area contributed by atoms with Gasteiger partial charge >= 0.3 is 0 Å². The number of piperidine rings is 1. The van der Waals surface area contributed by atoms with E-state index in [1.54, 1.807) is 18.2 Å². The van der Waals surface area contributed by atoms with Crippen LogP contribution in [0.3, 0.4) is 0 Å². The Labute approximate surface area is 175 Å². The first-order valence-electron chi connectivity index (χ1n) is 9.94. The highest BCUT2D eigenvalue weighted by atomic mass is 32.2. The zero-order valence-electron chi connectivity index (χ0n) is 16.4. The van der Waals surface area contributed by atoms with Gasteiger partial charge in [0, 0.05) is 31.7 Å². The van der Waals surface area contributed by atoms with Gasteiger partial charge in [0.15, 0.2) is 0 Å². The first-order valence-corrected chi connectivity index (χ1v) is 11.4. The molecule has 0 aliphatic carbocycles. The molecule has 2 aliphatic rings. The van der Waals surface area contributed by atoms with Crippen molar-refractivity contribution in [2.45, 2.75) is 29.8 Å². The van der Waals surface area contributed by atoms with Gasteiger partial charge in [-0.1, -0.05) is 18.2 Å². The van der Waals surface area contributed by atoms with E-state index in [4.69, 9.17) is 0 Å². The van der Waals surface area contributed by atoms with Crippen molar-refractivity contribution in [2.24, 2.45) is 4.99 Å². The van der Waals surface area contributed by atoms with Gasteiger partial charge in [0.1, 0.15) is 17.5 Å². The van der Waals surface area contributed by atoms with Crippen LogP contribution >= 0.6 is 0 Å². The molecular weight excluding hydrogens is 410 g/mol. The maximum Gasteiger partial charge on any atom is 0.243 e. The van der Waals surface area contributed by atoms with Crippen molar-refractivity contribution in [3.63, 3.8) is 0 Å². The molecule has 0 bridgehead atoms. The molecule has 2 aromatic rings. The smallest absolute Gasteiger partial charge is 0.243 e. The standard InChI is InChI=1S/C21H24F2N4O2S/c22-17-5-7-18(8-6-17)30(28,29)27-13-9-21(10-14-27)20(24-11-12-26-21)25-15-16-3-1-2-4-19(16)23/h1-8,26H,9-15H2,(H,24,25). The van der Waals surface area contributed by atoms with Gasteiger partial charge in [-0.25, -0.2) is 17.2 Å². The Bertz CT molecular complexity index is 1030. The Morgan fingerprint density at radius 1 is 1.07 bits per heavy atom. The number of hydrogen-bond donors (Lipinski definition) is 2. The summed E-state index contributed by atoms with van der Waals surface area (Å²) in [4.78, 5) is 4.70. The average Bonchev–Trinajstić information content (AvgIpc) is 2.75. The first kappa shape index (κ1) is 20.9. The topological polar surface area (TPSA) is 73.8 Å². The predicted octanol–water partition coefficient (Wildman–Crippen LogP) is 2.28. The fourth-order valence-corrected chi connectivity index (χ4v) is 5.46. The van der Waals surface area contributed by atoms with E-state index in [9.17, 15) is 17.2 Å². The van der Waals surface area contributed by atoms with Crippen LogP contribution in [0.1, 0.15) is 18.4 Å². The molecule has 0 radical (unpaired) electrons. The van der Waals surface area contributed by atoms with E-state index in [1.807, 2.05) is 0 Å². The number of nitrogens with one attached hydrogen (secondary N) is 2. The van der Waals surface area contributed by atoms with Gasteiger partial charge in [-0.05, 0) is 43.2 Å². The van der Waals surface area contributed by atoms with Gasteiger partial charge in [-0.3, -0.25) is 4.99 Å². The molecule has 1 saturated heterocycles. The molecule has 0 aromatic heterocycles. The largest absolute Gasteiger partial charge is 0.368 e. The number of amidine groups is 1. The molecule has 0 saturated carbocycles. The number of benzene rings is 2. The molecule has 160 valence electrons. The van der Waals surface area contributed by atoms with Crippen molar-refractivity contribution in [3.8, 4) is 0 Å². The van der Waals surface area contributed by atoms with Gasteiger partial charge in [-0.2, -0.15) is 4.31 Å². The maximum atomic E-state index is 14.0. The van der Waals surface area contributed by atoms with Crippen LogP contribution in [-0.4, -0.2) is 50.3 Å². The molecule has 2 N–H and O–H groups in total. The Balaban J connectivity index is 1.46. The van der Waals surface area contributed by atoms with E-state index in [2.05, 4.69) is 15.6 Å². The lowest BCUT2D eigenvalue weighted by atomic mass is 9.85. The van der Waals surface area contributed by atoms with E-state index in [1.165, 1.54) is 22.5 Å². The zero-order chi connectivity index (χ0) is 21.2. The van der Waals surface area contributed by atoms with Crippen molar-refractivity contribution >= 4 is 15.9 Å². The van der Waals surface area contributed by atoms with Crippen LogP contribution in [0.15, 0.2) is 58.4 Å². The molecule has 0 amide bonds. The van der Waals surface area contributed by atoms with Crippen molar-refractivity contribution in [2.75, 3.05) is 26.2 Å². The quantitative estimate of drug-likeness (QED) is 0.775. The van der Waals surface area contributed by atoms with Crippen molar-refractivity contribution in [1.29, 1.82) is 0 Å². The highest BCUT2D eigenvalue weighted by molar-refractivity contribution is 7.89. The van der Waals surface area contributed by atoms with Gasteiger partial charge in [0.25, 0.3) is 0 Å². The number of aliphatic imine (C=N–C) groups is 1. The number of nitrogens with zero attached hydrogens (tertiary/aromatic N) is 2. The van der Waals surface area contributed by atoms with Crippen LogP contribution in [0.4, 0.5) is 8.78 Å². The third-order valence-corrected chi connectivity index (χ3v) is 7.64. The molecule has 1 fully saturated rings. The number of hydrogen-bond acceptors (Lipinski definition) is 5. The molecular formula is C21H24F2N4O2S. The first-order chi connectivity index (χ1) is 14.4. The number of rotatable bonds is 4. The SMILES string of the molecule is O=S(=O)(c1ccc(F)cc1)N1CCC2(CC1)NCCN=C2NCc1ccccc1F. The van der Waals surface area contributed by atoms with Crippen LogP contribution in [0, 0.1) is 11.6 Å². The second-order valence-corrected chi connectivity index (χ2v) is 9.48. The Hall–Kier alpha value is -2.36. The van der Waals surface area contributed by atoms with Gasteiger partial charge in [0.05, 0.1) is 17.0 Å². The van der Waals surface area contributed by atoms with Crippen LogP contribution in [0.2, 0.25) is 0 Å². The molecule has 6 nitrogen and oxygen atoms in total. The molecule has 2 heterocycles. The summed E-state index contributed by atoms with van der Waals surface area (Å²) >= 11 is 0. The van der Waals surface area contributed by atoms with Crippen molar-refractivity contribution in [3.05, 3.63) is 65.7 Å². The number of halogens is 2. The Morgan fingerprint density at radius 2 is 1.77 bits per heavy atom. The minimum atomic E-state index is -3.68. The third-order valence-electron chi connectivity index (χ3n) is 5.73. The summed E-state index contributed by atoms with van der Waals surface area (Å²) in [6, 6.07) is 11.5. The molecule has 0 atom stereocenters. The summed E-state index contributed by atoms with van der Waals surface area (Å²) in [6.45, 7) is 2.25. The molecule has 30 heavy (non-hydrogen) atoms. The molecule has 2 aliphatic heterocycles. The summed E-state index contributed by atoms with van der Waals surface area (Å²) in [5.74, 6) is -0.000745. The summed E-state index contributed by atoms with van der Waals surface area (Å²) in [6.07, 6.45) is 1.08. The molecule has 4 rings (SSSR count). The summed E-state index contributed by atoms with van der Waals surface area (Å²) in [7, 11) is -3.68. The van der Waals surface area contributed by atoms with Crippen LogP contribution < -0.4 is 10.6 Å². The maximum absolute atomic E-state index is 14.0. The van der Waals surface area contributed by atoms with Gasteiger partial charge in [-0.15, -0.1) is 0 Å². The second kappa shape index (κ2) is 8.41. The van der Waals surface area contributed by atoms with E-state index in [0.29, 0.717) is 51.1 Å². The Kier molecular flexibility index (Phi) is 5.86. The summed E-state index contributed by atoms with van der Waals surface area (Å²) < 4.78 is 54.3. The van der Waals surface area contributed by atoms with Crippen molar-refractivity contribution in [1.82, 2.24) is 14.9 Å². The number of sulfonamides is 1. The Morgan fingerprint density at radius 3 is 2.47 bits per heavy atom. The van der Waals surface area contributed by atoms with Gasteiger partial charge in [0.2, 0.25) is 10.0 Å². The van der Waals surface area contributed by atoms with Crippen LogP contribution in [0.5, 0.6) is 0 Å². The van der Waals surface area contributed by atoms with Crippen molar-refractivity contribution < 1.29 is 17.2 Å². The fourth-order valence-electron chi connectivity index (χ4n) is 4.02. The summed E-state index contributed by atoms with van der Waals surface area (Å²) in [5, 5.41) is 6.77. The van der Waals surface area contributed by atoms with E-state index in [0.717, 1.165) is 18.0 Å². The second-order valence-electron chi connectivity index (χ2n) is 7.54. The van der Waals surface area contributed by atoms with E-state index in [-0.39, 0.29) is 10.7 Å². The predicted molar refractivity (Wildman–Crippen MR) is 111 cm³/mol. The lowest BCUT2D eigenvalue weighted by molar-refractivity contribution is 0.241. The molecule has 1 spiro atoms. The highest BCUT2D eigenvalue weighted by Crippen LogP contribution is 2.29. The third kappa shape index (κ3) is 4.10. The highest BCUT2D eigenvalue weighted by Gasteiger charge is 2.43. The minimum absolute atomic E-state index is 0.0861. The van der Waals surface area contributed by atoms with E-state index >= 15 is 0 Å². The lowest BCUT2D eigenvalue weighted by Gasteiger charge is -2.44. The molecule has 9 heteroatoms. The monoisotopic (exact) mass is 434 g/mol. The van der Waals surface area contributed by atoms with Crippen LogP contribution in [0.25, 0.3) is 0 Å². The minimum Gasteiger partial charge on any atom is -0.368 e. The fraction of sp³-hybridized carbons (Fsp3) is 0.381.